The maximum Gasteiger partial charge on any atom is 0.137 e. The molecule has 0 aliphatic heterocycles. The summed E-state index contributed by atoms with van der Waals surface area (Å²) in [5.74, 6) is 1.03. The van der Waals surface area contributed by atoms with Crippen molar-refractivity contribution in [1.82, 2.24) is 9.55 Å². The topological polar surface area (TPSA) is 17.8 Å². The van der Waals surface area contributed by atoms with Crippen molar-refractivity contribution >= 4 is 22.6 Å². The fourth-order valence-electron chi connectivity index (χ4n) is 2.96. The monoisotopic (exact) mass is 416 g/mol. The first kappa shape index (κ1) is 16.2. The van der Waals surface area contributed by atoms with E-state index < -0.39 is 0 Å². The van der Waals surface area contributed by atoms with Gasteiger partial charge in [0.25, 0.3) is 0 Å². The Labute approximate surface area is 151 Å². The Morgan fingerprint density at radius 2 is 1.65 bits per heavy atom. The van der Waals surface area contributed by atoms with Crippen molar-refractivity contribution in [2.75, 3.05) is 0 Å². The molecule has 118 valence electrons. The molecule has 0 saturated heterocycles. The molecule has 3 heteroatoms. The summed E-state index contributed by atoms with van der Waals surface area (Å²) in [6.07, 6.45) is 1.99. The summed E-state index contributed by atoms with van der Waals surface area (Å²) in [6.45, 7) is 6.40. The van der Waals surface area contributed by atoms with Crippen molar-refractivity contribution in [3.63, 3.8) is 0 Å². The van der Waals surface area contributed by atoms with Crippen molar-refractivity contribution in [3.05, 3.63) is 80.3 Å². The van der Waals surface area contributed by atoms with E-state index in [-0.39, 0.29) is 0 Å². The van der Waals surface area contributed by atoms with Crippen LogP contribution >= 0.6 is 22.6 Å². The molecule has 3 aromatic rings. The van der Waals surface area contributed by atoms with Crippen LogP contribution in [0, 0.1) is 24.3 Å². The van der Waals surface area contributed by atoms with E-state index >= 15 is 0 Å². The van der Waals surface area contributed by atoms with Crippen LogP contribution in [0.25, 0.3) is 5.82 Å². The third-order valence-corrected chi connectivity index (χ3v) is 4.74. The van der Waals surface area contributed by atoms with Crippen molar-refractivity contribution in [2.45, 2.75) is 33.6 Å². The van der Waals surface area contributed by atoms with Gasteiger partial charge in [-0.2, -0.15) is 0 Å². The lowest BCUT2D eigenvalue weighted by Crippen LogP contribution is -2.05. The highest BCUT2D eigenvalue weighted by atomic mass is 127. The molecule has 23 heavy (non-hydrogen) atoms. The van der Waals surface area contributed by atoms with Crippen LogP contribution in [0.15, 0.2) is 48.5 Å². The van der Waals surface area contributed by atoms with E-state index in [1.807, 2.05) is 0 Å². The average molecular weight is 416 g/mol. The quantitative estimate of drug-likeness (QED) is 0.536. The molecule has 0 fully saturated rings. The van der Waals surface area contributed by atoms with E-state index in [0.29, 0.717) is 0 Å². The van der Waals surface area contributed by atoms with Gasteiger partial charge in [-0.05, 0) is 104 Å². The van der Waals surface area contributed by atoms with Crippen molar-refractivity contribution in [3.8, 4) is 5.82 Å². The smallest absolute Gasteiger partial charge is 0.137 e. The number of halogens is 1. The van der Waals surface area contributed by atoms with E-state index in [9.17, 15) is 0 Å². The molecular weight excluding hydrogens is 395 g/mol. The Hall–Kier alpha value is -1.62. The van der Waals surface area contributed by atoms with Gasteiger partial charge in [0.15, 0.2) is 0 Å². The van der Waals surface area contributed by atoms with Crippen LogP contribution in [0.5, 0.6) is 0 Å². The third-order valence-electron chi connectivity index (χ3n) is 4.07. The lowest BCUT2D eigenvalue weighted by Gasteiger charge is -2.12. The maximum atomic E-state index is 4.90. The fraction of sp³-hybridized carbons (Fsp3) is 0.250. The molecular formula is C20H21IN2. The van der Waals surface area contributed by atoms with Gasteiger partial charge in [0.05, 0.1) is 0 Å². The summed E-state index contributed by atoms with van der Waals surface area (Å²) in [7, 11) is 0. The Kier molecular flexibility index (Phi) is 4.85. The summed E-state index contributed by atoms with van der Waals surface area (Å²) < 4.78 is 3.51. The van der Waals surface area contributed by atoms with E-state index in [0.717, 1.165) is 24.4 Å². The summed E-state index contributed by atoms with van der Waals surface area (Å²) >= 11 is 2.37. The molecule has 2 aromatic heterocycles. The molecule has 0 N–H and O–H groups in total. The molecule has 0 radical (unpaired) electrons. The van der Waals surface area contributed by atoms with Gasteiger partial charge in [0.1, 0.15) is 5.82 Å². The van der Waals surface area contributed by atoms with Crippen LogP contribution in [0.3, 0.4) is 0 Å². The number of hydrogen-bond donors (Lipinski definition) is 0. The van der Waals surface area contributed by atoms with Crippen molar-refractivity contribution < 1.29 is 0 Å². The number of benzene rings is 1. The van der Waals surface area contributed by atoms with E-state index in [1.165, 1.54) is 26.1 Å². The predicted octanol–water partition coefficient (Wildman–Crippen LogP) is 5.19. The minimum absolute atomic E-state index is 0.966. The van der Waals surface area contributed by atoms with Gasteiger partial charge in [-0.25, -0.2) is 4.98 Å². The number of hydrogen-bond acceptors (Lipinski definition) is 1. The lowest BCUT2D eigenvalue weighted by molar-refractivity contribution is 0.861. The van der Waals surface area contributed by atoms with Gasteiger partial charge in [-0.1, -0.05) is 12.1 Å². The minimum atomic E-state index is 0.966. The van der Waals surface area contributed by atoms with Crippen LogP contribution in [0.2, 0.25) is 0 Å². The first-order chi connectivity index (χ1) is 11.0. The van der Waals surface area contributed by atoms with Crippen LogP contribution in [0.1, 0.15) is 28.2 Å². The van der Waals surface area contributed by atoms with E-state index in [1.54, 1.807) is 0 Å². The normalized spacial score (nSPS) is 11.0. The number of aryl methyl sites for hydroxylation is 5. The fourth-order valence-corrected chi connectivity index (χ4v) is 3.56. The SMILES string of the molecule is Cc1cc(CCc2cccc(I)c2)nc(-n2c(C)ccc2C)c1. The number of aromatic nitrogens is 2. The highest BCUT2D eigenvalue weighted by Gasteiger charge is 2.08. The zero-order chi connectivity index (χ0) is 16.4. The highest BCUT2D eigenvalue weighted by molar-refractivity contribution is 14.1. The van der Waals surface area contributed by atoms with Crippen molar-refractivity contribution in [1.29, 1.82) is 0 Å². The van der Waals surface area contributed by atoms with Crippen LogP contribution in [0.4, 0.5) is 0 Å². The van der Waals surface area contributed by atoms with Gasteiger partial charge >= 0.3 is 0 Å². The molecule has 0 bridgehead atoms. The Morgan fingerprint density at radius 1 is 0.913 bits per heavy atom. The molecule has 0 aliphatic carbocycles. The predicted molar refractivity (Wildman–Crippen MR) is 104 cm³/mol. The molecule has 2 nitrogen and oxygen atoms in total. The summed E-state index contributed by atoms with van der Waals surface area (Å²) in [4.78, 5) is 4.90. The molecule has 0 spiro atoms. The zero-order valence-corrected chi connectivity index (χ0v) is 16.0. The number of rotatable bonds is 4. The molecule has 0 atom stereocenters. The third kappa shape index (κ3) is 3.83. The second kappa shape index (κ2) is 6.87. The minimum Gasteiger partial charge on any atom is -0.303 e. The van der Waals surface area contributed by atoms with Gasteiger partial charge < -0.3 is 4.57 Å². The maximum absolute atomic E-state index is 4.90. The van der Waals surface area contributed by atoms with Gasteiger partial charge in [0.2, 0.25) is 0 Å². The molecule has 0 aliphatic rings. The Morgan fingerprint density at radius 3 is 2.35 bits per heavy atom. The first-order valence-corrected chi connectivity index (χ1v) is 8.98. The standard InChI is InChI=1S/C20H21IN2/c1-14-11-19(10-9-17-5-4-6-18(21)13-17)22-20(12-14)23-15(2)7-8-16(23)3/h4-8,11-13H,9-10H2,1-3H3. The highest BCUT2D eigenvalue weighted by Crippen LogP contribution is 2.18. The van der Waals surface area contributed by atoms with Crippen LogP contribution in [-0.2, 0) is 12.8 Å². The molecule has 1 aromatic carbocycles. The van der Waals surface area contributed by atoms with Gasteiger partial charge in [-0.3, -0.25) is 0 Å². The average Bonchev–Trinajstić information content (AvgIpc) is 2.84. The molecule has 0 unspecified atom stereocenters. The van der Waals surface area contributed by atoms with Crippen LogP contribution < -0.4 is 0 Å². The van der Waals surface area contributed by atoms with Gasteiger partial charge in [-0.15, -0.1) is 0 Å². The van der Waals surface area contributed by atoms with Crippen molar-refractivity contribution in [2.24, 2.45) is 0 Å². The molecule has 3 rings (SSSR count). The Balaban J connectivity index is 1.86. The zero-order valence-electron chi connectivity index (χ0n) is 13.8. The Bertz CT molecular complexity index is 814. The van der Waals surface area contributed by atoms with Crippen LogP contribution in [-0.4, -0.2) is 9.55 Å². The molecule has 0 saturated carbocycles. The molecule has 2 heterocycles. The first-order valence-electron chi connectivity index (χ1n) is 7.90. The number of pyridine rings is 1. The lowest BCUT2D eigenvalue weighted by atomic mass is 10.1. The summed E-state index contributed by atoms with van der Waals surface area (Å²) in [5, 5.41) is 0. The van der Waals surface area contributed by atoms with Gasteiger partial charge in [0, 0.05) is 20.7 Å². The second-order valence-corrected chi connectivity index (χ2v) is 7.32. The summed E-state index contributed by atoms with van der Waals surface area (Å²) in [5.41, 5.74) is 6.25. The molecule has 0 amide bonds. The number of nitrogens with zero attached hydrogens (tertiary/aromatic N) is 2. The summed E-state index contributed by atoms with van der Waals surface area (Å²) in [6, 6.07) is 17.3. The largest absolute Gasteiger partial charge is 0.303 e. The second-order valence-electron chi connectivity index (χ2n) is 6.08. The van der Waals surface area contributed by atoms with E-state index in [2.05, 4.69) is 96.5 Å². The van der Waals surface area contributed by atoms with E-state index in [4.69, 9.17) is 4.98 Å².